The van der Waals surface area contributed by atoms with Crippen LogP contribution in [0.3, 0.4) is 0 Å². The number of carbonyl (C=O) groups is 2. The molecule has 320 valence electrons. The first-order chi connectivity index (χ1) is 22.9. The van der Waals surface area contributed by atoms with Crippen molar-refractivity contribution in [1.29, 1.82) is 0 Å². The average molecular weight is 1150 g/mol. The number of hydrogen-bond acceptors (Lipinski definition) is 7. The number of aliphatic hydroxyl groups is 2. The van der Waals surface area contributed by atoms with E-state index in [1.54, 1.807) is 0 Å². The van der Waals surface area contributed by atoms with E-state index >= 15 is 0 Å². The number of rotatable bonds is 5. The molecule has 0 amide bonds. The number of aliphatic hydroxyl groups excluding tert-OH is 2. The van der Waals surface area contributed by atoms with E-state index in [-0.39, 0.29) is 110 Å². The summed E-state index contributed by atoms with van der Waals surface area (Å²) in [5, 5.41) is 15.9. The van der Waals surface area contributed by atoms with Crippen LogP contribution in [0, 0.1) is 98.8 Å². The SMILES string of the molecule is O.O.O=C(C=C(O)C(F)(F)F)C(F)(F)F.O=C(C=C(O)C(F)(F)F)C(F)(F)F.O=PC1CCCCC1.O=PC1CCCCC1.O=PC1CCCCC1.[Eu].[Eu]. The molecule has 3 saturated carbocycles. The quantitative estimate of drug-likeness (QED) is 0.119. The van der Waals surface area contributed by atoms with Crippen molar-refractivity contribution >= 4 is 36.9 Å². The zero-order chi connectivity index (χ0) is 39.2. The maximum absolute atomic E-state index is 11.4. The van der Waals surface area contributed by atoms with E-state index < -0.39 is 59.9 Å². The van der Waals surface area contributed by atoms with Gasteiger partial charge in [-0.1, -0.05) is 57.8 Å². The fraction of sp³-hybridized carbons (Fsp3) is 0.786. The Balaban J connectivity index is -0.000000133. The van der Waals surface area contributed by atoms with Crippen LogP contribution in [0.5, 0.6) is 0 Å². The van der Waals surface area contributed by atoms with Crippen LogP contribution in [0.2, 0.25) is 0 Å². The molecule has 0 saturated heterocycles. The van der Waals surface area contributed by atoms with Crippen molar-refractivity contribution in [3.63, 3.8) is 0 Å². The fourth-order valence-corrected chi connectivity index (χ4v) is 5.86. The minimum atomic E-state index is -5.42. The molecule has 3 fully saturated rings. The van der Waals surface area contributed by atoms with Crippen molar-refractivity contribution in [2.45, 2.75) is 138 Å². The van der Waals surface area contributed by atoms with E-state index in [1.165, 1.54) is 96.3 Å². The largest absolute Gasteiger partial charge is 0.504 e. The molecule has 26 heteroatoms. The zero-order valence-electron chi connectivity index (χ0n) is 28.1. The molecular formula is C28H41Eu2F12O9P3. The van der Waals surface area contributed by atoms with Crippen molar-refractivity contribution in [2.75, 3.05) is 0 Å². The van der Waals surface area contributed by atoms with Crippen LogP contribution in [0.25, 0.3) is 0 Å². The van der Waals surface area contributed by atoms with Crippen molar-refractivity contribution < 1.29 is 196 Å². The van der Waals surface area contributed by atoms with Gasteiger partial charge < -0.3 is 21.2 Å². The molecule has 0 aliphatic heterocycles. The first kappa shape index (κ1) is 66.8. The van der Waals surface area contributed by atoms with Crippen LogP contribution >= 0.6 is 25.4 Å². The van der Waals surface area contributed by atoms with Crippen molar-refractivity contribution in [3.05, 3.63) is 23.7 Å². The molecule has 3 aliphatic rings. The minimum absolute atomic E-state index is 0. The molecular weight excluding hydrogens is 1110 g/mol. The summed E-state index contributed by atoms with van der Waals surface area (Å²) in [6, 6.07) is 0. The molecule has 6 N–H and O–H groups in total. The normalized spacial score (nSPS) is 17.6. The predicted molar refractivity (Wildman–Crippen MR) is 166 cm³/mol. The molecule has 54 heavy (non-hydrogen) atoms. The molecule has 0 bridgehead atoms. The number of halogens is 12. The molecule has 0 spiro atoms. The van der Waals surface area contributed by atoms with Gasteiger partial charge in [-0.2, -0.15) is 52.7 Å². The Hall–Kier alpha value is 0.969. The summed E-state index contributed by atoms with van der Waals surface area (Å²) in [5.74, 6) is -10.7. The third-order valence-electron chi connectivity index (χ3n) is 6.85. The van der Waals surface area contributed by atoms with Gasteiger partial charge in [-0.3, -0.25) is 23.3 Å². The molecule has 0 heterocycles. The third kappa shape index (κ3) is 36.1. The van der Waals surface area contributed by atoms with Gasteiger partial charge in [-0.05, 0) is 38.5 Å². The number of carbonyl (C=O) groups excluding carboxylic acids is 2. The van der Waals surface area contributed by atoms with Crippen LogP contribution in [0.4, 0.5) is 52.7 Å². The van der Waals surface area contributed by atoms with Gasteiger partial charge in [0, 0.05) is 128 Å². The van der Waals surface area contributed by atoms with Crippen LogP contribution in [0.15, 0.2) is 23.7 Å². The second-order valence-corrected chi connectivity index (χ2v) is 13.8. The number of alkyl halides is 12. The van der Waals surface area contributed by atoms with E-state index in [4.69, 9.17) is 10.2 Å². The molecule has 0 aromatic rings. The van der Waals surface area contributed by atoms with E-state index in [0.717, 1.165) is 0 Å². The Labute approximate surface area is 390 Å². The van der Waals surface area contributed by atoms with Gasteiger partial charge in [0.15, 0.2) is 25.4 Å². The third-order valence-corrected chi connectivity index (χ3v) is 9.29. The number of ketones is 2. The van der Waals surface area contributed by atoms with Gasteiger partial charge in [-0.25, -0.2) is 0 Å². The van der Waals surface area contributed by atoms with Gasteiger partial charge in [-0.15, -0.1) is 0 Å². The topological polar surface area (TPSA) is 189 Å². The Bertz CT molecular complexity index is 1000. The molecule has 0 aromatic carbocycles. The summed E-state index contributed by atoms with van der Waals surface area (Å²) in [6.07, 6.45) is -4.44. The summed E-state index contributed by atoms with van der Waals surface area (Å²) < 4.78 is 167. The second-order valence-electron chi connectivity index (χ2n) is 11.0. The maximum Gasteiger partial charge on any atom is 0.454 e. The Morgan fingerprint density at radius 3 is 0.722 bits per heavy atom. The first-order valence-corrected chi connectivity index (χ1v) is 17.7. The molecule has 0 unspecified atom stereocenters. The molecule has 3 aliphatic carbocycles. The molecule has 0 aromatic heterocycles. The van der Waals surface area contributed by atoms with Crippen LogP contribution in [0.1, 0.15) is 96.3 Å². The average Bonchev–Trinajstić information content (AvgIpc) is 3.05. The molecule has 0 atom stereocenters. The summed E-state index contributed by atoms with van der Waals surface area (Å²) in [7, 11) is 1.13. The first-order valence-electron chi connectivity index (χ1n) is 15.0. The van der Waals surface area contributed by atoms with Gasteiger partial charge >= 0.3 is 24.7 Å². The number of hydrogen-bond donors (Lipinski definition) is 2. The fourth-order valence-electron chi connectivity index (χ4n) is 4.14. The summed E-state index contributed by atoms with van der Waals surface area (Å²) >= 11 is 0. The minimum Gasteiger partial charge on any atom is -0.504 e. The second kappa shape index (κ2) is 34.8. The molecule has 3 rings (SSSR count). The standard InChI is InChI=1S/3C6H11OP.2C5H2F6O2.2Eu.2H2O/c3*7-8-6-4-2-1-3-5-6;2*6-4(7,8)2(12)1-3(13)5(9,10)11;;;;/h3*6H,1-5H2;2*1,12H;;;2*1H2. The molecule has 2 radical (unpaired) electrons. The van der Waals surface area contributed by atoms with E-state index in [9.17, 15) is 76.0 Å². The summed E-state index contributed by atoms with van der Waals surface area (Å²) in [6.45, 7) is 0. The van der Waals surface area contributed by atoms with Crippen molar-refractivity contribution in [3.8, 4) is 0 Å². The van der Waals surface area contributed by atoms with E-state index in [0.29, 0.717) is 42.4 Å². The Morgan fingerprint density at radius 1 is 0.426 bits per heavy atom. The molecule has 9 nitrogen and oxygen atoms in total. The summed E-state index contributed by atoms with van der Waals surface area (Å²) in [4.78, 5) is 19.7. The smallest absolute Gasteiger partial charge is 0.454 e. The van der Waals surface area contributed by atoms with Crippen LogP contribution < -0.4 is 0 Å². The van der Waals surface area contributed by atoms with E-state index in [1.807, 2.05) is 0 Å². The van der Waals surface area contributed by atoms with E-state index in [2.05, 4.69) is 0 Å². The zero-order valence-corrected chi connectivity index (χ0v) is 35.6. The van der Waals surface area contributed by atoms with Crippen LogP contribution in [-0.2, 0) is 23.3 Å². The van der Waals surface area contributed by atoms with Crippen molar-refractivity contribution in [2.24, 2.45) is 0 Å². The van der Waals surface area contributed by atoms with Gasteiger partial charge in [0.25, 0.3) is 11.6 Å². The van der Waals surface area contributed by atoms with Gasteiger partial charge in [0.1, 0.15) is 0 Å². The Kier molecular flexibility index (Phi) is 43.0. The number of allylic oxidation sites excluding steroid dienone is 4. The predicted octanol–water partition coefficient (Wildman–Crippen LogP) is 10.4. The van der Waals surface area contributed by atoms with Crippen LogP contribution in [-0.4, -0.2) is 74.4 Å². The van der Waals surface area contributed by atoms with Gasteiger partial charge in [0.2, 0.25) is 11.5 Å². The maximum atomic E-state index is 11.4. The Morgan fingerprint density at radius 2 is 0.611 bits per heavy atom. The van der Waals surface area contributed by atoms with Crippen molar-refractivity contribution in [1.82, 2.24) is 0 Å². The monoisotopic (exact) mass is 1150 g/mol. The van der Waals surface area contributed by atoms with Gasteiger partial charge in [0.05, 0.1) is 0 Å². The summed E-state index contributed by atoms with van der Waals surface area (Å²) in [5.41, 5.74) is 1.51.